The van der Waals surface area contributed by atoms with E-state index in [1.807, 2.05) is 0 Å². The molecule has 0 aromatic heterocycles. The summed E-state index contributed by atoms with van der Waals surface area (Å²) in [4.78, 5) is 2.60. The van der Waals surface area contributed by atoms with E-state index in [1.54, 1.807) is 0 Å². The van der Waals surface area contributed by atoms with E-state index in [0.29, 0.717) is 24.1 Å². The summed E-state index contributed by atoms with van der Waals surface area (Å²) in [6.45, 7) is 6.47. The first kappa shape index (κ1) is 13.0. The quantitative estimate of drug-likeness (QED) is 0.807. The molecule has 3 nitrogen and oxygen atoms in total. The van der Waals surface area contributed by atoms with Crippen molar-refractivity contribution in [2.45, 2.75) is 36.4 Å². The van der Waals surface area contributed by atoms with Gasteiger partial charge < -0.3 is 15.0 Å². The van der Waals surface area contributed by atoms with E-state index in [1.165, 1.54) is 24.1 Å². The second kappa shape index (κ2) is 3.84. The molecule has 3 heteroatoms. The van der Waals surface area contributed by atoms with Crippen LogP contribution in [0.5, 0.6) is 0 Å². The van der Waals surface area contributed by atoms with Crippen molar-refractivity contribution >= 4 is 5.69 Å². The number of piperidine rings is 2. The second-order valence-electron chi connectivity index (χ2n) is 8.45. The fourth-order valence-electron chi connectivity index (χ4n) is 7.36. The Hall–Kier alpha value is -1.32. The molecule has 1 aromatic carbocycles. The molecule has 1 spiro atoms. The molecule has 1 N–H and O–H groups in total. The molecule has 3 saturated heterocycles. The summed E-state index contributed by atoms with van der Waals surface area (Å²) in [6, 6.07) is 10.0. The van der Waals surface area contributed by atoms with Crippen LogP contribution in [0.2, 0.25) is 0 Å². The second-order valence-corrected chi connectivity index (χ2v) is 8.45. The Morgan fingerprint density at radius 2 is 2.26 bits per heavy atom. The van der Waals surface area contributed by atoms with Crippen molar-refractivity contribution in [1.82, 2.24) is 4.90 Å². The van der Waals surface area contributed by atoms with E-state index in [9.17, 15) is 0 Å². The number of ether oxygens (including phenoxy) is 1. The third kappa shape index (κ3) is 1.17. The zero-order valence-corrected chi connectivity index (χ0v) is 13.7. The molecule has 2 saturated carbocycles. The summed E-state index contributed by atoms with van der Waals surface area (Å²) < 4.78 is 6.39. The van der Waals surface area contributed by atoms with E-state index in [2.05, 4.69) is 54.2 Å². The van der Waals surface area contributed by atoms with Crippen molar-refractivity contribution in [2.75, 3.05) is 25.5 Å². The highest BCUT2D eigenvalue weighted by molar-refractivity contribution is 5.66. The Kier molecular flexibility index (Phi) is 2.17. The van der Waals surface area contributed by atoms with Crippen molar-refractivity contribution < 1.29 is 4.74 Å². The first-order valence-electron chi connectivity index (χ1n) is 9.03. The molecule has 6 aliphatic rings. The fourth-order valence-corrected chi connectivity index (χ4v) is 7.36. The highest BCUT2D eigenvalue weighted by Crippen LogP contribution is 2.71. The first-order valence-corrected chi connectivity index (χ1v) is 9.03. The number of benzene rings is 1. The number of hydrogen-bond donors (Lipinski definition) is 1. The topological polar surface area (TPSA) is 24.5 Å². The summed E-state index contributed by atoms with van der Waals surface area (Å²) in [5.74, 6) is 1.42. The Morgan fingerprint density at radius 3 is 3.13 bits per heavy atom. The van der Waals surface area contributed by atoms with E-state index < -0.39 is 0 Å². The Morgan fingerprint density at radius 1 is 1.39 bits per heavy atom. The molecule has 23 heavy (non-hydrogen) atoms. The summed E-state index contributed by atoms with van der Waals surface area (Å²) in [5, 5.41) is 3.88. The first-order chi connectivity index (χ1) is 11.2. The Bertz CT molecular complexity index is 717. The van der Waals surface area contributed by atoms with Gasteiger partial charge in [-0.2, -0.15) is 0 Å². The number of rotatable bonds is 1. The number of para-hydroxylation sites is 1. The molecule has 5 fully saturated rings. The molecule has 7 atom stereocenters. The van der Waals surface area contributed by atoms with Gasteiger partial charge >= 0.3 is 0 Å². The average molecular weight is 308 g/mol. The van der Waals surface area contributed by atoms with Gasteiger partial charge in [0.2, 0.25) is 0 Å². The maximum absolute atomic E-state index is 6.39. The van der Waals surface area contributed by atoms with Gasteiger partial charge in [0.05, 0.1) is 18.8 Å². The minimum atomic E-state index is 0.174. The predicted octanol–water partition coefficient (Wildman–Crippen LogP) is 2.64. The summed E-state index contributed by atoms with van der Waals surface area (Å²) >= 11 is 0. The number of nitrogens with one attached hydrogen (secondary N) is 1. The van der Waals surface area contributed by atoms with Crippen LogP contribution in [0.4, 0.5) is 5.69 Å². The number of hydrogen-bond acceptors (Lipinski definition) is 3. The van der Waals surface area contributed by atoms with Gasteiger partial charge in [-0.3, -0.25) is 0 Å². The molecule has 0 unspecified atom stereocenters. The predicted molar refractivity (Wildman–Crippen MR) is 90.5 cm³/mol. The van der Waals surface area contributed by atoms with Gasteiger partial charge in [0, 0.05) is 35.0 Å². The lowest BCUT2D eigenvalue weighted by Gasteiger charge is -2.73. The van der Waals surface area contributed by atoms with Crippen molar-refractivity contribution in [1.29, 1.82) is 0 Å². The van der Waals surface area contributed by atoms with Crippen LogP contribution in [0.25, 0.3) is 0 Å². The van der Waals surface area contributed by atoms with Crippen LogP contribution in [-0.4, -0.2) is 43.3 Å². The molecule has 4 aliphatic heterocycles. The van der Waals surface area contributed by atoms with Gasteiger partial charge in [-0.05, 0) is 37.4 Å². The maximum atomic E-state index is 6.39. The van der Waals surface area contributed by atoms with Gasteiger partial charge in [0.25, 0.3) is 0 Å². The summed E-state index contributed by atoms with van der Waals surface area (Å²) in [5.41, 5.74) is 3.22. The lowest BCUT2D eigenvalue weighted by atomic mass is 9.37. The van der Waals surface area contributed by atoms with Crippen molar-refractivity contribution in [3.63, 3.8) is 0 Å². The Balaban J connectivity index is 1.68. The van der Waals surface area contributed by atoms with Gasteiger partial charge in [-0.15, -0.1) is 6.58 Å². The molecule has 4 heterocycles. The van der Waals surface area contributed by atoms with Gasteiger partial charge in [-0.25, -0.2) is 0 Å². The van der Waals surface area contributed by atoms with E-state index in [-0.39, 0.29) is 10.8 Å². The van der Waals surface area contributed by atoms with E-state index >= 15 is 0 Å². The third-order valence-corrected chi connectivity index (χ3v) is 8.09. The number of anilines is 1. The molecule has 120 valence electrons. The minimum Gasteiger partial charge on any atom is -0.379 e. The van der Waals surface area contributed by atoms with Gasteiger partial charge in [0.15, 0.2) is 0 Å². The Labute approximate surface area is 137 Å². The molecule has 0 radical (unpaired) electrons. The van der Waals surface area contributed by atoms with Gasteiger partial charge in [-0.1, -0.05) is 24.3 Å². The van der Waals surface area contributed by atoms with E-state index in [4.69, 9.17) is 4.74 Å². The highest BCUT2D eigenvalue weighted by Gasteiger charge is 2.75. The zero-order chi connectivity index (χ0) is 15.4. The SMILES string of the molecule is C=C[C@]12CN(C)[C@@H]3C[C@]14c1ccccc1N[C@H]4[C@@H]1C[C@H]2[C@H]3CO1. The van der Waals surface area contributed by atoms with E-state index in [0.717, 1.165) is 19.1 Å². The van der Waals surface area contributed by atoms with Crippen molar-refractivity contribution in [3.05, 3.63) is 42.5 Å². The lowest BCUT2D eigenvalue weighted by Crippen LogP contribution is -2.80. The maximum Gasteiger partial charge on any atom is 0.0788 e. The molecular weight excluding hydrogens is 284 g/mol. The average Bonchev–Trinajstić information content (AvgIpc) is 2.90. The molecule has 0 amide bonds. The summed E-state index contributed by atoms with van der Waals surface area (Å²) in [7, 11) is 2.31. The largest absolute Gasteiger partial charge is 0.379 e. The highest BCUT2D eigenvalue weighted by atomic mass is 16.5. The van der Waals surface area contributed by atoms with Gasteiger partial charge in [0.1, 0.15) is 0 Å². The normalized spacial score (nSPS) is 52.0. The third-order valence-electron chi connectivity index (χ3n) is 8.09. The van der Waals surface area contributed by atoms with Crippen molar-refractivity contribution in [3.8, 4) is 0 Å². The fraction of sp³-hybridized carbons (Fsp3) is 0.600. The van der Waals surface area contributed by atoms with Crippen LogP contribution >= 0.6 is 0 Å². The molecule has 2 aliphatic carbocycles. The minimum absolute atomic E-state index is 0.174. The zero-order valence-electron chi connectivity index (χ0n) is 13.7. The molecule has 7 rings (SSSR count). The van der Waals surface area contributed by atoms with Crippen LogP contribution in [-0.2, 0) is 10.2 Å². The van der Waals surface area contributed by atoms with Crippen LogP contribution in [0, 0.1) is 17.3 Å². The van der Waals surface area contributed by atoms with Crippen LogP contribution in [0.1, 0.15) is 18.4 Å². The van der Waals surface area contributed by atoms with Crippen molar-refractivity contribution in [2.24, 2.45) is 17.3 Å². The molecule has 5 bridgehead atoms. The standard InChI is InChI=1S/C20H24N2O/c1-3-19-11-22(2)16-9-20(19)13-6-4-5-7-15(13)21-18(20)17-8-14(19)12(16)10-23-17/h3-7,12,14,16-18,21H,1,8-11H2,2H3/t12-,14+,16-,17+,18+,19-,20-/m1/s1. The molecule has 1 aromatic rings. The lowest BCUT2D eigenvalue weighted by molar-refractivity contribution is -0.240. The van der Waals surface area contributed by atoms with Crippen LogP contribution in [0.3, 0.4) is 0 Å². The molecular formula is C20H24N2O. The number of nitrogens with zero attached hydrogens (tertiary/aromatic N) is 1. The van der Waals surface area contributed by atoms with Crippen LogP contribution in [0.15, 0.2) is 36.9 Å². The number of fused-ring (bicyclic) bond motifs is 4. The van der Waals surface area contributed by atoms with Crippen LogP contribution < -0.4 is 5.32 Å². The summed E-state index contributed by atoms with van der Waals surface area (Å²) in [6.07, 6.45) is 5.16. The smallest absolute Gasteiger partial charge is 0.0788 e. The monoisotopic (exact) mass is 308 g/mol.